The molecule has 0 bridgehead atoms. The summed E-state index contributed by atoms with van der Waals surface area (Å²) in [6.07, 6.45) is 8.59. The van der Waals surface area contributed by atoms with Gasteiger partial charge in [0, 0.05) is 32.3 Å². The van der Waals surface area contributed by atoms with Gasteiger partial charge in [0.1, 0.15) is 0 Å². The summed E-state index contributed by atoms with van der Waals surface area (Å²) in [5, 5.41) is 8.84. The van der Waals surface area contributed by atoms with Gasteiger partial charge in [0.2, 0.25) is 5.91 Å². The number of hydrogen-bond acceptors (Lipinski definition) is 3. The topological polar surface area (TPSA) is 47.3 Å². The lowest BCUT2D eigenvalue weighted by Gasteiger charge is -2.33. The molecule has 1 heterocycles. The summed E-state index contributed by atoms with van der Waals surface area (Å²) in [4.78, 5) is 16.1. The molecule has 1 saturated heterocycles. The lowest BCUT2D eigenvalue weighted by molar-refractivity contribution is -0.127. The number of rotatable bonds is 3. The quantitative estimate of drug-likeness (QED) is 0.620. The molecular formula is C17H17N3O. The van der Waals surface area contributed by atoms with E-state index in [2.05, 4.69) is 16.9 Å². The molecule has 0 aliphatic carbocycles. The Bertz CT molecular complexity index is 614. The lowest BCUT2D eigenvalue weighted by atomic mass is 10.1. The Balaban J connectivity index is 1.91. The minimum absolute atomic E-state index is 0.00211. The monoisotopic (exact) mass is 279 g/mol. The highest BCUT2D eigenvalue weighted by atomic mass is 16.2. The van der Waals surface area contributed by atoms with Crippen molar-refractivity contribution >= 4 is 12.0 Å². The van der Waals surface area contributed by atoms with Crippen LogP contribution in [0.3, 0.4) is 0 Å². The molecular weight excluding hydrogens is 262 g/mol. The van der Waals surface area contributed by atoms with Crippen molar-refractivity contribution in [2.75, 3.05) is 32.7 Å². The first-order valence-electron chi connectivity index (χ1n) is 6.86. The Morgan fingerprint density at radius 1 is 1.33 bits per heavy atom. The first kappa shape index (κ1) is 14.8. The molecule has 0 N–H and O–H groups in total. The standard InChI is InChI=1S/C17H17N3O/c1-2-8-19-9-11-20(12-10-19)17(21)7-6-15-4-3-5-16(13-15)14-18/h1,3-7,13H,8-12H2/b7-6-. The predicted molar refractivity (Wildman–Crippen MR) is 82.0 cm³/mol. The summed E-state index contributed by atoms with van der Waals surface area (Å²) in [5.74, 6) is 2.62. The van der Waals surface area contributed by atoms with Gasteiger partial charge in [-0.1, -0.05) is 18.1 Å². The molecule has 1 amide bonds. The molecule has 1 fully saturated rings. The number of benzene rings is 1. The number of nitriles is 1. The molecule has 1 aromatic carbocycles. The molecule has 2 rings (SSSR count). The predicted octanol–water partition coefficient (Wildman–Crippen LogP) is 1.35. The van der Waals surface area contributed by atoms with E-state index in [0.717, 1.165) is 18.7 Å². The van der Waals surface area contributed by atoms with Crippen LogP contribution in [0, 0.1) is 23.7 Å². The van der Waals surface area contributed by atoms with Gasteiger partial charge in [-0.15, -0.1) is 6.42 Å². The van der Waals surface area contributed by atoms with Gasteiger partial charge >= 0.3 is 0 Å². The van der Waals surface area contributed by atoms with Crippen LogP contribution in [0.5, 0.6) is 0 Å². The van der Waals surface area contributed by atoms with Gasteiger partial charge in [0.25, 0.3) is 0 Å². The van der Waals surface area contributed by atoms with Crippen molar-refractivity contribution in [3.63, 3.8) is 0 Å². The maximum Gasteiger partial charge on any atom is 0.246 e. The van der Waals surface area contributed by atoms with Crippen LogP contribution in [0.2, 0.25) is 0 Å². The molecule has 0 unspecified atom stereocenters. The lowest BCUT2D eigenvalue weighted by Crippen LogP contribution is -2.48. The zero-order valence-corrected chi connectivity index (χ0v) is 11.8. The third-order valence-corrected chi connectivity index (χ3v) is 3.43. The van der Waals surface area contributed by atoms with Gasteiger partial charge in [-0.25, -0.2) is 0 Å². The fourth-order valence-corrected chi connectivity index (χ4v) is 2.24. The normalized spacial score (nSPS) is 15.6. The minimum atomic E-state index is -0.00211. The van der Waals surface area contributed by atoms with Crippen molar-refractivity contribution in [1.82, 2.24) is 9.80 Å². The van der Waals surface area contributed by atoms with E-state index in [0.29, 0.717) is 25.2 Å². The highest BCUT2D eigenvalue weighted by Crippen LogP contribution is 2.08. The maximum atomic E-state index is 12.1. The Morgan fingerprint density at radius 3 is 2.76 bits per heavy atom. The maximum absolute atomic E-state index is 12.1. The summed E-state index contributed by atoms with van der Waals surface area (Å²) in [7, 11) is 0. The fraction of sp³-hybridized carbons (Fsp3) is 0.294. The number of amides is 1. The Hall–Kier alpha value is -2.56. The Morgan fingerprint density at radius 2 is 2.10 bits per heavy atom. The molecule has 0 saturated carbocycles. The third-order valence-electron chi connectivity index (χ3n) is 3.43. The van der Waals surface area contributed by atoms with E-state index >= 15 is 0 Å². The van der Waals surface area contributed by atoms with Gasteiger partial charge in [-0.05, 0) is 23.8 Å². The highest BCUT2D eigenvalue weighted by Gasteiger charge is 2.18. The van der Waals surface area contributed by atoms with E-state index in [1.165, 1.54) is 0 Å². The van der Waals surface area contributed by atoms with Crippen molar-refractivity contribution < 1.29 is 4.79 Å². The van der Waals surface area contributed by atoms with Gasteiger partial charge in [-0.2, -0.15) is 5.26 Å². The number of nitrogens with zero attached hydrogens (tertiary/aromatic N) is 3. The largest absolute Gasteiger partial charge is 0.337 e. The molecule has 1 aliphatic rings. The average molecular weight is 279 g/mol. The SMILES string of the molecule is C#CCN1CCN(C(=O)/C=C\c2cccc(C#N)c2)CC1. The summed E-state index contributed by atoms with van der Waals surface area (Å²) in [6.45, 7) is 3.66. The van der Waals surface area contributed by atoms with E-state index in [-0.39, 0.29) is 5.91 Å². The zero-order valence-electron chi connectivity index (χ0n) is 11.8. The fourth-order valence-electron chi connectivity index (χ4n) is 2.24. The molecule has 0 radical (unpaired) electrons. The summed E-state index contributed by atoms with van der Waals surface area (Å²) >= 11 is 0. The van der Waals surface area contributed by atoms with Crippen LogP contribution in [-0.2, 0) is 4.79 Å². The highest BCUT2D eigenvalue weighted by molar-refractivity contribution is 5.91. The van der Waals surface area contributed by atoms with Gasteiger partial charge < -0.3 is 4.90 Å². The summed E-state index contributed by atoms with van der Waals surface area (Å²) in [5.41, 5.74) is 1.45. The number of hydrogen-bond donors (Lipinski definition) is 0. The molecule has 4 nitrogen and oxygen atoms in total. The first-order valence-corrected chi connectivity index (χ1v) is 6.86. The van der Waals surface area contributed by atoms with Gasteiger partial charge in [0.15, 0.2) is 0 Å². The van der Waals surface area contributed by atoms with Crippen LogP contribution in [0.1, 0.15) is 11.1 Å². The van der Waals surface area contributed by atoms with Crippen molar-refractivity contribution in [3.05, 3.63) is 41.5 Å². The summed E-state index contributed by atoms with van der Waals surface area (Å²) < 4.78 is 0. The van der Waals surface area contributed by atoms with E-state index < -0.39 is 0 Å². The van der Waals surface area contributed by atoms with Crippen LogP contribution >= 0.6 is 0 Å². The molecule has 0 aromatic heterocycles. The second kappa shape index (κ2) is 7.28. The number of carbonyl (C=O) groups is 1. The van der Waals surface area contributed by atoms with Crippen LogP contribution in [0.4, 0.5) is 0 Å². The molecule has 21 heavy (non-hydrogen) atoms. The minimum Gasteiger partial charge on any atom is -0.337 e. The molecule has 0 spiro atoms. The molecule has 4 heteroatoms. The Kier molecular flexibility index (Phi) is 5.15. The number of terminal acetylenes is 1. The van der Waals surface area contributed by atoms with E-state index in [4.69, 9.17) is 11.7 Å². The van der Waals surface area contributed by atoms with E-state index in [1.807, 2.05) is 11.0 Å². The van der Waals surface area contributed by atoms with Crippen molar-refractivity contribution in [3.8, 4) is 18.4 Å². The van der Waals surface area contributed by atoms with E-state index in [9.17, 15) is 4.79 Å². The smallest absolute Gasteiger partial charge is 0.246 e. The van der Waals surface area contributed by atoms with Crippen LogP contribution < -0.4 is 0 Å². The van der Waals surface area contributed by atoms with Gasteiger partial charge in [-0.3, -0.25) is 9.69 Å². The second-order valence-electron chi connectivity index (χ2n) is 4.88. The number of piperazine rings is 1. The Labute approximate surface area is 125 Å². The number of carbonyl (C=O) groups excluding carboxylic acids is 1. The molecule has 1 aliphatic heterocycles. The first-order chi connectivity index (χ1) is 10.2. The molecule has 0 atom stereocenters. The summed E-state index contributed by atoms with van der Waals surface area (Å²) in [6, 6.07) is 9.26. The average Bonchev–Trinajstić information content (AvgIpc) is 2.54. The van der Waals surface area contributed by atoms with Gasteiger partial charge in [0.05, 0.1) is 18.2 Å². The van der Waals surface area contributed by atoms with Crippen molar-refractivity contribution in [2.24, 2.45) is 0 Å². The van der Waals surface area contributed by atoms with Crippen molar-refractivity contribution in [1.29, 1.82) is 5.26 Å². The van der Waals surface area contributed by atoms with Crippen LogP contribution in [0.25, 0.3) is 6.08 Å². The third kappa shape index (κ3) is 4.21. The zero-order chi connectivity index (χ0) is 15.1. The van der Waals surface area contributed by atoms with Crippen molar-refractivity contribution in [2.45, 2.75) is 0 Å². The van der Waals surface area contributed by atoms with E-state index in [1.54, 1.807) is 30.4 Å². The second-order valence-corrected chi connectivity index (χ2v) is 4.88. The molecule has 1 aromatic rings. The van der Waals surface area contributed by atoms with Crippen LogP contribution in [0.15, 0.2) is 30.3 Å². The molecule has 106 valence electrons. The van der Waals surface area contributed by atoms with Crippen LogP contribution in [-0.4, -0.2) is 48.4 Å².